The Bertz CT molecular complexity index is 703. The first kappa shape index (κ1) is 20.6. The number of allylic oxidation sites excluding steroid dienone is 5. The highest BCUT2D eigenvalue weighted by atomic mass is 16.5. The fourth-order valence-corrected chi connectivity index (χ4v) is 2.82. The van der Waals surface area contributed by atoms with Gasteiger partial charge in [0.25, 0.3) is 0 Å². The lowest BCUT2D eigenvalue weighted by molar-refractivity contribution is -0.137. The van der Waals surface area contributed by atoms with Crippen molar-refractivity contribution in [2.24, 2.45) is 5.92 Å². The maximum Gasteiger partial charge on any atom is 0.303 e. The lowest BCUT2D eigenvalue weighted by Crippen LogP contribution is -2.15. The van der Waals surface area contributed by atoms with Gasteiger partial charge in [0.1, 0.15) is 18.5 Å². The van der Waals surface area contributed by atoms with E-state index in [4.69, 9.17) is 9.84 Å². The van der Waals surface area contributed by atoms with Crippen molar-refractivity contribution in [2.75, 3.05) is 6.61 Å². The number of aliphatic hydroxyl groups is 1. The quantitative estimate of drug-likeness (QED) is 0.352. The largest absolute Gasteiger partial charge is 0.491 e. The van der Waals surface area contributed by atoms with Crippen LogP contribution in [0.25, 0.3) is 0 Å². The number of carbonyl (C=O) groups excluding carboxylic acids is 1. The number of rotatable bonds is 11. The van der Waals surface area contributed by atoms with Gasteiger partial charge < -0.3 is 14.9 Å². The minimum atomic E-state index is -0.775. The van der Waals surface area contributed by atoms with E-state index in [-0.39, 0.29) is 24.7 Å². The van der Waals surface area contributed by atoms with Crippen LogP contribution in [0.1, 0.15) is 32.1 Å². The minimum Gasteiger partial charge on any atom is -0.491 e. The predicted octanol–water partition coefficient (Wildman–Crippen LogP) is 3.70. The maximum absolute atomic E-state index is 12.0. The van der Waals surface area contributed by atoms with Crippen molar-refractivity contribution in [1.82, 2.24) is 0 Å². The molecule has 1 aromatic carbocycles. The summed E-state index contributed by atoms with van der Waals surface area (Å²) in [7, 11) is 0. The summed E-state index contributed by atoms with van der Waals surface area (Å²) in [5.41, 5.74) is 0.709. The van der Waals surface area contributed by atoms with E-state index >= 15 is 0 Å². The van der Waals surface area contributed by atoms with Crippen molar-refractivity contribution in [3.05, 3.63) is 66.3 Å². The van der Waals surface area contributed by atoms with E-state index in [0.717, 1.165) is 19.3 Å². The monoisotopic (exact) mass is 370 g/mol. The average Bonchev–Trinajstić information content (AvgIpc) is 3.01. The molecular weight excluding hydrogens is 344 g/mol. The fourth-order valence-electron chi connectivity index (χ4n) is 2.82. The van der Waals surface area contributed by atoms with Crippen LogP contribution in [0.5, 0.6) is 5.75 Å². The molecule has 0 amide bonds. The summed E-state index contributed by atoms with van der Waals surface area (Å²) >= 11 is 0. The number of carboxylic acid groups (broad SMARTS) is 1. The third-order valence-electron chi connectivity index (χ3n) is 4.26. The summed E-state index contributed by atoms with van der Waals surface area (Å²) in [6, 6.07) is 9.28. The molecular formula is C22H26O5. The van der Waals surface area contributed by atoms with E-state index in [0.29, 0.717) is 17.7 Å². The van der Waals surface area contributed by atoms with E-state index in [2.05, 4.69) is 0 Å². The number of hydrogen-bond acceptors (Lipinski definition) is 4. The number of hydrogen-bond donors (Lipinski definition) is 2. The lowest BCUT2D eigenvalue weighted by Gasteiger charge is -2.10. The molecule has 5 nitrogen and oxygen atoms in total. The zero-order chi connectivity index (χ0) is 19.5. The third kappa shape index (κ3) is 7.62. The molecule has 2 N–H and O–H groups in total. The highest BCUT2D eigenvalue weighted by molar-refractivity contribution is 6.07. The second-order valence-corrected chi connectivity index (χ2v) is 6.48. The number of benzene rings is 1. The van der Waals surface area contributed by atoms with Crippen molar-refractivity contribution in [3.8, 4) is 5.75 Å². The smallest absolute Gasteiger partial charge is 0.303 e. The van der Waals surface area contributed by atoms with Gasteiger partial charge in [0.05, 0.1) is 0 Å². The first-order chi connectivity index (χ1) is 13.1. The summed E-state index contributed by atoms with van der Waals surface area (Å²) < 4.78 is 5.51. The van der Waals surface area contributed by atoms with Gasteiger partial charge in [-0.05, 0) is 37.5 Å². The molecule has 0 saturated heterocycles. The van der Waals surface area contributed by atoms with Crippen LogP contribution in [0, 0.1) is 5.92 Å². The predicted molar refractivity (Wildman–Crippen MR) is 104 cm³/mol. The van der Waals surface area contributed by atoms with E-state index in [1.165, 1.54) is 0 Å². The molecule has 1 aliphatic rings. The van der Waals surface area contributed by atoms with Gasteiger partial charge in [-0.1, -0.05) is 48.9 Å². The Labute approximate surface area is 159 Å². The summed E-state index contributed by atoms with van der Waals surface area (Å²) in [6.07, 6.45) is 11.3. The van der Waals surface area contributed by atoms with Crippen LogP contribution in [-0.4, -0.2) is 34.7 Å². The number of para-hydroxylation sites is 1. The van der Waals surface area contributed by atoms with Crippen molar-refractivity contribution in [3.63, 3.8) is 0 Å². The van der Waals surface area contributed by atoms with Gasteiger partial charge in [0.2, 0.25) is 0 Å². The second kappa shape index (κ2) is 11.1. The molecule has 0 bridgehead atoms. The van der Waals surface area contributed by atoms with Gasteiger partial charge in [0, 0.05) is 17.9 Å². The maximum atomic E-state index is 12.0. The van der Waals surface area contributed by atoms with Crippen LogP contribution in [0.15, 0.2) is 66.3 Å². The first-order valence-corrected chi connectivity index (χ1v) is 9.25. The Morgan fingerprint density at radius 1 is 1.19 bits per heavy atom. The van der Waals surface area contributed by atoms with Crippen LogP contribution < -0.4 is 4.74 Å². The number of carbonyl (C=O) groups is 2. The minimum absolute atomic E-state index is 0.00906. The fraction of sp³-hybridized carbons (Fsp3) is 0.364. The topological polar surface area (TPSA) is 83.8 Å². The van der Waals surface area contributed by atoms with E-state index in [9.17, 15) is 14.7 Å². The van der Waals surface area contributed by atoms with Crippen molar-refractivity contribution >= 4 is 11.8 Å². The van der Waals surface area contributed by atoms with Gasteiger partial charge in [-0.2, -0.15) is 0 Å². The molecule has 2 atom stereocenters. The second-order valence-electron chi connectivity index (χ2n) is 6.48. The molecule has 1 aliphatic carbocycles. The Morgan fingerprint density at radius 3 is 2.70 bits per heavy atom. The number of aliphatic carboxylic acids is 1. The standard InChI is InChI=1S/C22H26O5/c23-18(16-27-19-8-4-3-5-9-19)14-12-17-13-15-21(24)20(17)10-6-1-2-7-11-22(25)26/h3-5,8-10,12-15,17-18,23H,1-2,6-7,11,16H2,(H,25,26). The molecule has 0 spiro atoms. The van der Waals surface area contributed by atoms with Crippen LogP contribution in [0.4, 0.5) is 0 Å². The molecule has 1 aromatic rings. The number of ether oxygens (including phenoxy) is 1. The lowest BCUT2D eigenvalue weighted by atomic mass is 9.98. The van der Waals surface area contributed by atoms with Gasteiger partial charge in [-0.3, -0.25) is 9.59 Å². The Morgan fingerprint density at radius 2 is 1.96 bits per heavy atom. The molecule has 27 heavy (non-hydrogen) atoms. The average molecular weight is 370 g/mol. The summed E-state index contributed by atoms with van der Waals surface area (Å²) in [5, 5.41) is 18.7. The summed E-state index contributed by atoms with van der Waals surface area (Å²) in [4.78, 5) is 22.5. The van der Waals surface area contributed by atoms with E-state index in [1.54, 1.807) is 12.2 Å². The number of ketones is 1. The van der Waals surface area contributed by atoms with Gasteiger partial charge >= 0.3 is 5.97 Å². The molecule has 0 radical (unpaired) electrons. The van der Waals surface area contributed by atoms with E-state index in [1.807, 2.05) is 48.6 Å². The molecule has 2 rings (SSSR count). The zero-order valence-electron chi connectivity index (χ0n) is 15.3. The molecule has 0 saturated carbocycles. The normalized spacial score (nSPS) is 19.1. The first-order valence-electron chi connectivity index (χ1n) is 9.25. The van der Waals surface area contributed by atoms with Crippen LogP contribution in [0.2, 0.25) is 0 Å². The van der Waals surface area contributed by atoms with Crippen LogP contribution in [0.3, 0.4) is 0 Å². The highest BCUT2D eigenvalue weighted by Crippen LogP contribution is 2.24. The van der Waals surface area contributed by atoms with Gasteiger partial charge in [-0.25, -0.2) is 0 Å². The van der Waals surface area contributed by atoms with Crippen molar-refractivity contribution in [2.45, 2.75) is 38.2 Å². The van der Waals surface area contributed by atoms with E-state index < -0.39 is 12.1 Å². The summed E-state index contributed by atoms with van der Waals surface area (Å²) in [6.45, 7) is 0.146. The van der Waals surface area contributed by atoms with Crippen LogP contribution >= 0.6 is 0 Å². The highest BCUT2D eigenvalue weighted by Gasteiger charge is 2.20. The zero-order valence-corrected chi connectivity index (χ0v) is 15.3. The number of aliphatic hydroxyl groups excluding tert-OH is 1. The third-order valence-corrected chi connectivity index (χ3v) is 4.26. The SMILES string of the molecule is O=C(O)CCCCCC=C1C(=O)C=CC1C=CC(O)COc1ccccc1. The Balaban J connectivity index is 1.78. The number of unbranched alkanes of at least 4 members (excludes halogenated alkanes) is 3. The van der Waals surface area contributed by atoms with Crippen molar-refractivity contribution in [1.29, 1.82) is 0 Å². The van der Waals surface area contributed by atoms with Crippen molar-refractivity contribution < 1.29 is 24.5 Å². The molecule has 0 heterocycles. The molecule has 0 aliphatic heterocycles. The molecule has 144 valence electrons. The summed E-state index contributed by atoms with van der Waals surface area (Å²) in [5.74, 6) is -0.221. The van der Waals surface area contributed by atoms with Gasteiger partial charge in [0.15, 0.2) is 5.78 Å². The number of carboxylic acids is 1. The Kier molecular flexibility index (Phi) is 8.52. The van der Waals surface area contributed by atoms with Gasteiger partial charge in [-0.15, -0.1) is 0 Å². The molecule has 2 unspecified atom stereocenters. The molecule has 5 heteroatoms. The molecule has 0 fully saturated rings. The van der Waals surface area contributed by atoms with Crippen LogP contribution in [-0.2, 0) is 9.59 Å². The Hall–Kier alpha value is -2.66. The molecule has 0 aromatic heterocycles.